The molecule has 0 saturated heterocycles. The summed E-state index contributed by atoms with van der Waals surface area (Å²) in [6.45, 7) is 9.10. The van der Waals surface area contributed by atoms with Crippen LogP contribution in [0.4, 0.5) is 0 Å². The summed E-state index contributed by atoms with van der Waals surface area (Å²) in [5, 5.41) is 7.07. The Kier molecular flexibility index (Phi) is 10.3. The largest absolute Gasteiger partial charge is 0.384 e. The van der Waals surface area contributed by atoms with Crippen LogP contribution in [0, 0.1) is 16.7 Å². The molecular formula is C34H47Cl2N7O2. The van der Waals surface area contributed by atoms with Gasteiger partial charge in [0.05, 0.1) is 12.6 Å². The smallest absolute Gasteiger partial charge is 0.275 e. The van der Waals surface area contributed by atoms with E-state index in [2.05, 4.69) is 43.0 Å². The maximum atomic E-state index is 14.6. The summed E-state index contributed by atoms with van der Waals surface area (Å²) in [4.78, 5) is 34.7. The summed E-state index contributed by atoms with van der Waals surface area (Å²) in [5.41, 5.74) is 7.98. The molecule has 1 heterocycles. The van der Waals surface area contributed by atoms with E-state index in [-0.39, 0.29) is 41.8 Å². The number of hydrazone groups is 1. The molecule has 2 aromatic carbocycles. The van der Waals surface area contributed by atoms with Crippen LogP contribution < -0.4 is 23.0 Å². The van der Waals surface area contributed by atoms with E-state index >= 15 is 0 Å². The monoisotopic (exact) mass is 655 g/mol. The number of hydrogen-bond donors (Lipinski definition) is 4. The second-order valence-electron chi connectivity index (χ2n) is 14.2. The first-order valence-electron chi connectivity index (χ1n) is 15.5. The van der Waals surface area contributed by atoms with E-state index in [9.17, 15) is 9.59 Å². The fraction of sp³-hybridized carbons (Fsp3) is 0.529. The highest BCUT2D eigenvalue weighted by Gasteiger charge is 2.55. The highest BCUT2D eigenvalue weighted by atomic mass is 35.5. The van der Waals surface area contributed by atoms with Crippen LogP contribution in [0.1, 0.15) is 107 Å². The van der Waals surface area contributed by atoms with Crippen molar-refractivity contribution in [2.24, 2.45) is 38.4 Å². The van der Waals surface area contributed by atoms with Crippen LogP contribution in [-0.2, 0) is 4.79 Å². The summed E-state index contributed by atoms with van der Waals surface area (Å²) < 4.78 is 0. The number of rotatable bonds is 9. The number of carbonyl (C=O) groups is 2. The molecule has 2 amide bonds. The molecular weight excluding hydrogens is 609 g/mol. The van der Waals surface area contributed by atoms with Gasteiger partial charge in [0.1, 0.15) is 17.2 Å². The molecule has 1 aliphatic heterocycles. The Balaban J connectivity index is 0.00000461. The van der Waals surface area contributed by atoms with Crippen molar-refractivity contribution in [3.63, 3.8) is 0 Å². The summed E-state index contributed by atoms with van der Waals surface area (Å²) >= 11 is 12.8. The second kappa shape index (κ2) is 13.3. The zero-order valence-corrected chi connectivity index (χ0v) is 28.3. The minimum atomic E-state index is -0.652. The Morgan fingerprint density at radius 3 is 2.22 bits per heavy atom. The van der Waals surface area contributed by atoms with Crippen molar-refractivity contribution in [1.29, 1.82) is 0 Å². The quantitative estimate of drug-likeness (QED) is 0.0988. The third kappa shape index (κ3) is 7.64. The van der Waals surface area contributed by atoms with E-state index in [1.807, 2.05) is 12.1 Å². The number of halogens is 2. The van der Waals surface area contributed by atoms with Crippen molar-refractivity contribution in [3.8, 4) is 0 Å². The molecule has 1 spiro atoms. The molecule has 1 atom stereocenters. The second-order valence-corrected chi connectivity index (χ2v) is 15.1. The van der Waals surface area contributed by atoms with Crippen LogP contribution in [0.2, 0.25) is 10.0 Å². The number of nitrogens with zero attached hydrogens (tertiary/aromatic N) is 3. The van der Waals surface area contributed by atoms with Gasteiger partial charge in [0.2, 0.25) is 0 Å². The molecule has 244 valence electrons. The summed E-state index contributed by atoms with van der Waals surface area (Å²) in [7, 11) is 0. The van der Waals surface area contributed by atoms with Crippen LogP contribution in [-0.4, -0.2) is 40.5 Å². The number of amides is 2. The van der Waals surface area contributed by atoms with E-state index in [0.717, 1.165) is 44.1 Å². The minimum Gasteiger partial charge on any atom is -0.384 e. The standard InChI is InChI=1S/C34H44Cl2N6O2.H3N/c1-32(2,3)12-11-27(21-5-7-22(8-6-21)30(43)39-20-28(37)41-38)42-31(44)29(23-17-25(35)19-26(36)18-23)40-34(42)13-9-24(10-14-34)33(4)15-16-33;/h5-8,17-19,24,27H,9-16,20,38H2,1-4H3,(H2,37,41)(H,39,43);1H3/t24?,27-,34?;/m1./s1. The molecule has 2 aliphatic carbocycles. The Morgan fingerprint density at radius 2 is 1.69 bits per heavy atom. The molecule has 0 unspecified atom stereocenters. The van der Waals surface area contributed by atoms with Gasteiger partial charge in [-0.15, -0.1) is 0 Å². The van der Waals surface area contributed by atoms with E-state index in [0.29, 0.717) is 38.2 Å². The number of amidine groups is 1. The maximum Gasteiger partial charge on any atom is 0.275 e. The van der Waals surface area contributed by atoms with Gasteiger partial charge in [0.25, 0.3) is 11.8 Å². The first-order valence-corrected chi connectivity index (χ1v) is 16.3. The van der Waals surface area contributed by atoms with Gasteiger partial charge in [-0.3, -0.25) is 14.6 Å². The van der Waals surface area contributed by atoms with Crippen LogP contribution in [0.15, 0.2) is 52.6 Å². The zero-order valence-electron chi connectivity index (χ0n) is 26.8. The van der Waals surface area contributed by atoms with E-state index in [1.54, 1.807) is 30.3 Å². The molecule has 5 rings (SSSR count). The maximum absolute atomic E-state index is 14.6. The number of nitrogens with two attached hydrogens (primary N) is 2. The molecule has 2 saturated carbocycles. The van der Waals surface area contributed by atoms with Gasteiger partial charge in [-0.1, -0.05) is 63.0 Å². The third-order valence-corrected chi connectivity index (χ3v) is 10.2. The van der Waals surface area contributed by atoms with Crippen molar-refractivity contribution in [2.75, 3.05) is 6.54 Å². The van der Waals surface area contributed by atoms with E-state index in [1.165, 1.54) is 12.8 Å². The summed E-state index contributed by atoms with van der Waals surface area (Å²) in [6, 6.07) is 12.5. The lowest BCUT2D eigenvalue weighted by molar-refractivity contribution is -0.133. The normalized spacial score (nSPS) is 23.4. The lowest BCUT2D eigenvalue weighted by atomic mass is 9.73. The minimum absolute atomic E-state index is 0. The van der Waals surface area contributed by atoms with Crippen molar-refractivity contribution < 1.29 is 9.59 Å². The SMILES string of the molecule is CC(C)(C)CC[C@H](c1ccc(C(=O)NC/C(N)=N/N)cc1)N1C(=O)C(c2cc(Cl)cc(Cl)c2)=NC12CCC(C1(C)CC1)CC2.N. The lowest BCUT2D eigenvalue weighted by Gasteiger charge is -2.46. The fourth-order valence-corrected chi connectivity index (χ4v) is 7.37. The highest BCUT2D eigenvalue weighted by molar-refractivity contribution is 6.47. The Labute approximate surface area is 276 Å². The van der Waals surface area contributed by atoms with Crippen LogP contribution in [0.5, 0.6) is 0 Å². The molecule has 0 aromatic heterocycles. The molecule has 3 aliphatic rings. The number of benzene rings is 2. The zero-order chi connectivity index (χ0) is 31.9. The van der Waals surface area contributed by atoms with Crippen LogP contribution >= 0.6 is 23.2 Å². The van der Waals surface area contributed by atoms with Gasteiger partial charge in [0, 0.05) is 21.2 Å². The Hall–Kier alpha value is -3.14. The lowest BCUT2D eigenvalue weighted by Crippen LogP contribution is -2.51. The topological polar surface area (TPSA) is 161 Å². The van der Waals surface area contributed by atoms with Crippen molar-refractivity contribution in [1.82, 2.24) is 16.4 Å². The number of carbonyl (C=O) groups excluding carboxylic acids is 2. The number of aliphatic imine (C=N–C) groups is 1. The predicted octanol–water partition coefficient (Wildman–Crippen LogP) is 7.00. The van der Waals surface area contributed by atoms with Gasteiger partial charge in [0.15, 0.2) is 0 Å². The molecule has 11 heteroatoms. The molecule has 8 N–H and O–H groups in total. The molecule has 45 heavy (non-hydrogen) atoms. The van der Waals surface area contributed by atoms with Gasteiger partial charge >= 0.3 is 0 Å². The average molecular weight is 657 g/mol. The van der Waals surface area contributed by atoms with Crippen molar-refractivity contribution in [2.45, 2.75) is 90.8 Å². The number of hydrogen-bond acceptors (Lipinski definition) is 6. The predicted molar refractivity (Wildman–Crippen MR) is 183 cm³/mol. The molecule has 2 aromatic rings. The van der Waals surface area contributed by atoms with E-state index in [4.69, 9.17) is 39.8 Å². The van der Waals surface area contributed by atoms with Crippen LogP contribution in [0.3, 0.4) is 0 Å². The molecule has 0 radical (unpaired) electrons. The Bertz CT molecular complexity index is 1450. The summed E-state index contributed by atoms with van der Waals surface area (Å²) in [5.74, 6) is 5.59. The van der Waals surface area contributed by atoms with Crippen molar-refractivity contribution in [3.05, 3.63) is 69.2 Å². The Morgan fingerprint density at radius 1 is 1.09 bits per heavy atom. The number of nitrogens with one attached hydrogen (secondary N) is 1. The molecule has 2 fully saturated rings. The first kappa shape index (κ1) is 34.7. The van der Waals surface area contributed by atoms with Gasteiger partial charge in [-0.05, 0) is 104 Å². The van der Waals surface area contributed by atoms with E-state index < -0.39 is 5.66 Å². The average Bonchev–Trinajstić information content (AvgIpc) is 3.67. The molecule has 9 nitrogen and oxygen atoms in total. The van der Waals surface area contributed by atoms with Crippen molar-refractivity contribution >= 4 is 46.6 Å². The van der Waals surface area contributed by atoms with Gasteiger partial charge in [-0.25, -0.2) is 0 Å². The third-order valence-electron chi connectivity index (χ3n) is 9.77. The van der Waals surface area contributed by atoms with Crippen LogP contribution in [0.25, 0.3) is 0 Å². The molecule has 0 bridgehead atoms. The first-order chi connectivity index (χ1) is 20.7. The van der Waals surface area contributed by atoms with Gasteiger partial charge < -0.3 is 27.9 Å². The van der Waals surface area contributed by atoms with Gasteiger partial charge in [-0.2, -0.15) is 5.10 Å². The fourth-order valence-electron chi connectivity index (χ4n) is 6.85. The summed E-state index contributed by atoms with van der Waals surface area (Å²) in [6.07, 6.45) is 7.91. The highest BCUT2D eigenvalue weighted by Crippen LogP contribution is 2.58.